The van der Waals surface area contributed by atoms with Gasteiger partial charge in [0.15, 0.2) is 0 Å². The fourth-order valence-electron chi connectivity index (χ4n) is 1.88. The van der Waals surface area contributed by atoms with Crippen LogP contribution < -0.4 is 0 Å². The number of ether oxygens (including phenoxy) is 1. The summed E-state index contributed by atoms with van der Waals surface area (Å²) in [5.41, 5.74) is 0.826. The average molecular weight is 305 g/mol. The second kappa shape index (κ2) is 6.58. The van der Waals surface area contributed by atoms with E-state index in [4.69, 9.17) is 4.74 Å². The van der Waals surface area contributed by atoms with Gasteiger partial charge in [-0.1, -0.05) is 30.3 Å². The minimum absolute atomic E-state index is 0.208. The molecule has 0 bridgehead atoms. The van der Waals surface area contributed by atoms with Crippen LogP contribution in [0.4, 0.5) is 4.79 Å². The number of hydrogen-bond donors (Lipinski definition) is 0. The van der Waals surface area contributed by atoms with Crippen molar-refractivity contribution >= 4 is 35.0 Å². The molecule has 1 fully saturated rings. The summed E-state index contributed by atoms with van der Waals surface area (Å²) in [5, 5.41) is -0.456. The SMILES string of the molecule is CCOC(=O)[C@H](C)N1C(=O)S/C(=C/c2ccccc2)C1=O. The first kappa shape index (κ1) is 15.3. The van der Waals surface area contributed by atoms with Crippen molar-refractivity contribution in [3.8, 4) is 0 Å². The molecule has 1 aromatic carbocycles. The number of benzene rings is 1. The van der Waals surface area contributed by atoms with E-state index < -0.39 is 23.2 Å². The lowest BCUT2D eigenvalue weighted by molar-refractivity contribution is -0.150. The molecule has 1 heterocycles. The Labute approximate surface area is 127 Å². The molecule has 110 valence electrons. The highest BCUT2D eigenvalue weighted by molar-refractivity contribution is 8.18. The predicted octanol–water partition coefficient (Wildman–Crippen LogP) is 2.67. The first-order valence-corrected chi connectivity index (χ1v) is 7.35. The van der Waals surface area contributed by atoms with E-state index in [1.807, 2.05) is 30.3 Å². The van der Waals surface area contributed by atoms with E-state index in [1.54, 1.807) is 13.0 Å². The number of rotatable bonds is 4. The smallest absolute Gasteiger partial charge is 0.329 e. The zero-order chi connectivity index (χ0) is 15.4. The molecule has 0 aromatic heterocycles. The van der Waals surface area contributed by atoms with Gasteiger partial charge in [0.2, 0.25) is 0 Å². The van der Waals surface area contributed by atoms with Crippen molar-refractivity contribution in [1.82, 2.24) is 4.90 Å². The van der Waals surface area contributed by atoms with Gasteiger partial charge in [0.25, 0.3) is 11.1 Å². The van der Waals surface area contributed by atoms with Gasteiger partial charge in [-0.05, 0) is 37.2 Å². The quantitative estimate of drug-likeness (QED) is 0.632. The minimum Gasteiger partial charge on any atom is -0.464 e. The Morgan fingerprint density at radius 2 is 2.00 bits per heavy atom. The summed E-state index contributed by atoms with van der Waals surface area (Å²) >= 11 is 0.831. The van der Waals surface area contributed by atoms with Gasteiger partial charge in [-0.3, -0.25) is 14.5 Å². The second-order valence-electron chi connectivity index (χ2n) is 4.39. The lowest BCUT2D eigenvalue weighted by Crippen LogP contribution is -2.42. The van der Waals surface area contributed by atoms with Gasteiger partial charge in [-0.25, -0.2) is 4.79 Å². The Balaban J connectivity index is 2.21. The summed E-state index contributed by atoms with van der Waals surface area (Å²) in [6, 6.07) is 8.31. The number of thioether (sulfide) groups is 1. The van der Waals surface area contributed by atoms with E-state index in [9.17, 15) is 14.4 Å². The van der Waals surface area contributed by atoms with Crippen molar-refractivity contribution in [3.63, 3.8) is 0 Å². The Morgan fingerprint density at radius 1 is 1.33 bits per heavy atom. The van der Waals surface area contributed by atoms with Crippen molar-refractivity contribution in [2.75, 3.05) is 6.61 Å². The number of hydrogen-bond acceptors (Lipinski definition) is 5. The lowest BCUT2D eigenvalue weighted by atomic mass is 10.2. The Morgan fingerprint density at radius 3 is 2.62 bits per heavy atom. The molecular formula is C15H15NO4S. The third kappa shape index (κ3) is 3.33. The zero-order valence-corrected chi connectivity index (χ0v) is 12.6. The first-order valence-electron chi connectivity index (χ1n) is 6.53. The molecule has 0 radical (unpaired) electrons. The molecule has 0 N–H and O–H groups in total. The van der Waals surface area contributed by atoms with E-state index in [2.05, 4.69) is 0 Å². The third-order valence-corrected chi connectivity index (χ3v) is 3.82. The fourth-order valence-corrected chi connectivity index (χ4v) is 2.79. The zero-order valence-electron chi connectivity index (χ0n) is 11.7. The molecule has 5 nitrogen and oxygen atoms in total. The number of carbonyl (C=O) groups is 3. The molecule has 2 rings (SSSR count). The maximum Gasteiger partial charge on any atom is 0.329 e. The highest BCUT2D eigenvalue weighted by Gasteiger charge is 2.41. The second-order valence-corrected chi connectivity index (χ2v) is 5.38. The number of carbonyl (C=O) groups excluding carboxylic acids is 3. The Bertz CT molecular complexity index is 597. The van der Waals surface area contributed by atoms with Gasteiger partial charge in [0.1, 0.15) is 6.04 Å². The van der Waals surface area contributed by atoms with Crippen molar-refractivity contribution in [2.24, 2.45) is 0 Å². The predicted molar refractivity (Wildman–Crippen MR) is 80.3 cm³/mol. The molecule has 21 heavy (non-hydrogen) atoms. The maximum atomic E-state index is 12.3. The summed E-state index contributed by atoms with van der Waals surface area (Å²) in [5.74, 6) is -1.05. The van der Waals surface area contributed by atoms with E-state index in [1.165, 1.54) is 6.92 Å². The highest BCUT2D eigenvalue weighted by atomic mass is 32.2. The molecule has 0 spiro atoms. The van der Waals surface area contributed by atoms with Crippen molar-refractivity contribution in [3.05, 3.63) is 40.8 Å². The molecule has 0 saturated carbocycles. The largest absolute Gasteiger partial charge is 0.464 e. The molecule has 2 amide bonds. The summed E-state index contributed by atoms with van der Waals surface area (Å²) in [6.07, 6.45) is 1.64. The molecule has 0 unspecified atom stereocenters. The van der Waals surface area contributed by atoms with Crippen LogP contribution in [0.3, 0.4) is 0 Å². The van der Waals surface area contributed by atoms with Crippen LogP contribution in [-0.4, -0.2) is 34.7 Å². The maximum absolute atomic E-state index is 12.3. The number of imide groups is 1. The molecule has 1 atom stereocenters. The van der Waals surface area contributed by atoms with E-state index in [0.717, 1.165) is 22.2 Å². The van der Waals surface area contributed by atoms with Gasteiger partial charge in [0, 0.05) is 0 Å². The van der Waals surface area contributed by atoms with Crippen LogP contribution in [0.2, 0.25) is 0 Å². The van der Waals surface area contributed by atoms with Crippen molar-refractivity contribution in [1.29, 1.82) is 0 Å². The summed E-state index contributed by atoms with van der Waals surface area (Å²) < 4.78 is 4.85. The van der Waals surface area contributed by atoms with Crippen molar-refractivity contribution < 1.29 is 19.1 Å². The molecule has 0 aliphatic carbocycles. The standard InChI is InChI=1S/C15H15NO4S/c1-3-20-14(18)10(2)16-13(17)12(21-15(16)19)9-11-7-5-4-6-8-11/h4-10H,3H2,1-2H3/b12-9+/t10-/m0/s1. The van der Waals surface area contributed by atoms with Gasteiger partial charge >= 0.3 is 5.97 Å². The number of amides is 2. The third-order valence-electron chi connectivity index (χ3n) is 2.94. The van der Waals surface area contributed by atoms with Crippen LogP contribution in [0, 0.1) is 0 Å². The van der Waals surface area contributed by atoms with Crippen LogP contribution in [-0.2, 0) is 14.3 Å². The first-order chi connectivity index (χ1) is 10.0. The van der Waals surface area contributed by atoms with Crippen LogP contribution >= 0.6 is 11.8 Å². The molecular weight excluding hydrogens is 290 g/mol. The molecule has 1 aliphatic heterocycles. The average Bonchev–Trinajstić information content (AvgIpc) is 2.74. The fraction of sp³-hybridized carbons (Fsp3) is 0.267. The topological polar surface area (TPSA) is 63.7 Å². The van der Waals surface area contributed by atoms with E-state index >= 15 is 0 Å². The van der Waals surface area contributed by atoms with Gasteiger partial charge in [-0.15, -0.1) is 0 Å². The normalized spacial score (nSPS) is 18.2. The van der Waals surface area contributed by atoms with Gasteiger partial charge in [0.05, 0.1) is 11.5 Å². The monoisotopic (exact) mass is 305 g/mol. The van der Waals surface area contributed by atoms with Crippen LogP contribution in [0.15, 0.2) is 35.2 Å². The van der Waals surface area contributed by atoms with Crippen LogP contribution in [0.25, 0.3) is 6.08 Å². The summed E-state index contributed by atoms with van der Waals surface area (Å²) in [7, 11) is 0. The van der Waals surface area contributed by atoms with Crippen LogP contribution in [0.1, 0.15) is 19.4 Å². The van der Waals surface area contributed by atoms with Crippen molar-refractivity contribution in [2.45, 2.75) is 19.9 Å². The van der Waals surface area contributed by atoms with Gasteiger partial charge in [-0.2, -0.15) is 0 Å². The molecule has 1 aliphatic rings. The lowest BCUT2D eigenvalue weighted by Gasteiger charge is -2.19. The Hall–Kier alpha value is -2.08. The van der Waals surface area contributed by atoms with E-state index in [0.29, 0.717) is 4.91 Å². The summed E-state index contributed by atoms with van der Waals surface area (Å²) in [6.45, 7) is 3.37. The summed E-state index contributed by atoms with van der Waals surface area (Å²) in [4.78, 5) is 37.2. The van der Waals surface area contributed by atoms with Gasteiger partial charge < -0.3 is 4.74 Å². The number of esters is 1. The molecule has 1 aromatic rings. The minimum atomic E-state index is -0.917. The Kier molecular flexibility index (Phi) is 4.80. The highest BCUT2D eigenvalue weighted by Crippen LogP contribution is 2.33. The van der Waals surface area contributed by atoms with Crippen LogP contribution in [0.5, 0.6) is 0 Å². The number of nitrogens with zero attached hydrogens (tertiary/aromatic N) is 1. The van der Waals surface area contributed by atoms with E-state index in [-0.39, 0.29) is 6.61 Å². The molecule has 1 saturated heterocycles. The molecule has 6 heteroatoms.